The Labute approximate surface area is 141 Å². The monoisotopic (exact) mass is 326 g/mol. The highest BCUT2D eigenvalue weighted by Gasteiger charge is 2.20. The zero-order chi connectivity index (χ0) is 17.1. The molecule has 0 atom stereocenters. The first kappa shape index (κ1) is 16.2. The van der Waals surface area contributed by atoms with Gasteiger partial charge in [-0.1, -0.05) is 6.07 Å². The van der Waals surface area contributed by atoms with Crippen LogP contribution in [-0.4, -0.2) is 35.0 Å². The molecule has 0 aliphatic carbocycles. The molecule has 1 amide bonds. The number of nitrogens with two attached hydrogens (primary N) is 2. The Morgan fingerprint density at radius 3 is 2.67 bits per heavy atom. The number of hydrogen-bond acceptors (Lipinski definition) is 6. The van der Waals surface area contributed by atoms with E-state index in [1.54, 1.807) is 0 Å². The van der Waals surface area contributed by atoms with E-state index in [4.69, 9.17) is 11.5 Å². The van der Waals surface area contributed by atoms with Crippen molar-refractivity contribution in [2.75, 3.05) is 29.0 Å². The summed E-state index contributed by atoms with van der Waals surface area (Å²) >= 11 is 0. The minimum absolute atomic E-state index is 0.119. The summed E-state index contributed by atoms with van der Waals surface area (Å²) in [5, 5.41) is 2.92. The van der Waals surface area contributed by atoms with Crippen LogP contribution in [0.4, 0.5) is 17.2 Å². The topological polar surface area (TPSA) is 110 Å². The van der Waals surface area contributed by atoms with Gasteiger partial charge in [-0.3, -0.25) is 4.79 Å². The van der Waals surface area contributed by atoms with E-state index in [-0.39, 0.29) is 23.5 Å². The normalized spacial score (nSPS) is 15.3. The smallest absolute Gasteiger partial charge is 0.278 e. The van der Waals surface area contributed by atoms with Crippen LogP contribution in [0.25, 0.3) is 0 Å². The number of nitrogens with one attached hydrogen (secondary N) is 1. The first-order chi connectivity index (χ1) is 11.5. The minimum Gasteiger partial charge on any atom is -0.382 e. The second kappa shape index (κ2) is 6.84. The van der Waals surface area contributed by atoms with Crippen LogP contribution in [0.15, 0.2) is 30.6 Å². The highest BCUT2D eigenvalue weighted by Crippen LogP contribution is 2.30. The van der Waals surface area contributed by atoms with Gasteiger partial charge in [-0.25, -0.2) is 9.97 Å². The Bertz CT molecular complexity index is 740. The molecule has 126 valence electrons. The molecule has 0 bridgehead atoms. The van der Waals surface area contributed by atoms with E-state index < -0.39 is 0 Å². The summed E-state index contributed by atoms with van der Waals surface area (Å²) < 4.78 is 0. The van der Waals surface area contributed by atoms with Crippen molar-refractivity contribution in [3.05, 3.63) is 41.9 Å². The maximum absolute atomic E-state index is 12.5. The van der Waals surface area contributed by atoms with Gasteiger partial charge in [-0.05, 0) is 37.5 Å². The molecule has 0 saturated carbocycles. The van der Waals surface area contributed by atoms with Gasteiger partial charge < -0.3 is 21.7 Å². The standard InChI is InChI=1S/C17H22N6O/c1-11-2-3-14(23-8-4-12(18)5-9-23)13(10-11)22-17(24)15-16(19)21-7-6-20-15/h2-3,6-7,10,12H,4-5,8-9,18H2,1H3,(H2,19,21)(H,22,24). The lowest BCUT2D eigenvalue weighted by Gasteiger charge is -2.33. The van der Waals surface area contributed by atoms with Crippen LogP contribution in [0.3, 0.4) is 0 Å². The summed E-state index contributed by atoms with van der Waals surface area (Å²) in [6.07, 6.45) is 4.80. The van der Waals surface area contributed by atoms with Crippen LogP contribution in [0.2, 0.25) is 0 Å². The van der Waals surface area contributed by atoms with Gasteiger partial charge in [0.2, 0.25) is 0 Å². The number of aryl methyl sites for hydroxylation is 1. The van der Waals surface area contributed by atoms with Gasteiger partial charge in [0.05, 0.1) is 11.4 Å². The molecule has 1 aliphatic heterocycles. The summed E-state index contributed by atoms with van der Waals surface area (Å²) in [5.41, 5.74) is 14.7. The van der Waals surface area contributed by atoms with E-state index in [1.165, 1.54) is 12.4 Å². The third-order valence-electron chi connectivity index (χ3n) is 4.22. The second-order valence-corrected chi connectivity index (χ2v) is 6.09. The largest absolute Gasteiger partial charge is 0.382 e. The Kier molecular flexibility index (Phi) is 4.61. The molecule has 0 unspecified atom stereocenters. The molecule has 1 fully saturated rings. The van der Waals surface area contributed by atoms with Crippen molar-refractivity contribution in [1.29, 1.82) is 0 Å². The van der Waals surface area contributed by atoms with Crippen LogP contribution < -0.4 is 21.7 Å². The van der Waals surface area contributed by atoms with Gasteiger partial charge >= 0.3 is 0 Å². The number of carbonyl (C=O) groups excluding carboxylic acids is 1. The van der Waals surface area contributed by atoms with E-state index in [0.717, 1.165) is 42.9 Å². The molecule has 24 heavy (non-hydrogen) atoms. The van der Waals surface area contributed by atoms with Crippen molar-refractivity contribution in [2.45, 2.75) is 25.8 Å². The average molecular weight is 326 g/mol. The fourth-order valence-corrected chi connectivity index (χ4v) is 2.87. The molecule has 3 rings (SSSR count). The maximum Gasteiger partial charge on any atom is 0.278 e. The molecule has 1 aromatic carbocycles. The van der Waals surface area contributed by atoms with Crippen molar-refractivity contribution in [2.24, 2.45) is 5.73 Å². The summed E-state index contributed by atoms with van der Waals surface area (Å²) in [4.78, 5) is 22.7. The van der Waals surface area contributed by atoms with Gasteiger partial charge in [0.15, 0.2) is 11.5 Å². The first-order valence-corrected chi connectivity index (χ1v) is 8.03. The van der Waals surface area contributed by atoms with Crippen molar-refractivity contribution >= 4 is 23.1 Å². The van der Waals surface area contributed by atoms with E-state index >= 15 is 0 Å². The van der Waals surface area contributed by atoms with Crippen molar-refractivity contribution < 1.29 is 4.79 Å². The van der Waals surface area contributed by atoms with Crippen LogP contribution in [0.5, 0.6) is 0 Å². The SMILES string of the molecule is Cc1ccc(N2CCC(N)CC2)c(NC(=O)c2nccnc2N)c1. The van der Waals surface area contributed by atoms with Crippen LogP contribution in [-0.2, 0) is 0 Å². The number of benzene rings is 1. The van der Waals surface area contributed by atoms with E-state index in [9.17, 15) is 4.79 Å². The quantitative estimate of drug-likeness (QED) is 0.789. The Balaban J connectivity index is 1.86. The molecular weight excluding hydrogens is 304 g/mol. The van der Waals surface area contributed by atoms with Crippen LogP contribution in [0, 0.1) is 6.92 Å². The fraction of sp³-hybridized carbons (Fsp3) is 0.353. The number of anilines is 3. The van der Waals surface area contributed by atoms with Gasteiger partial charge in [0.25, 0.3) is 5.91 Å². The molecule has 1 aromatic heterocycles. The second-order valence-electron chi connectivity index (χ2n) is 6.09. The number of rotatable bonds is 3. The molecule has 1 aliphatic rings. The summed E-state index contributed by atoms with van der Waals surface area (Å²) in [6.45, 7) is 3.74. The lowest BCUT2D eigenvalue weighted by Crippen LogP contribution is -2.40. The number of nitrogens with zero attached hydrogens (tertiary/aromatic N) is 3. The molecule has 2 heterocycles. The summed E-state index contributed by atoms with van der Waals surface area (Å²) in [6, 6.07) is 6.27. The Hall–Kier alpha value is -2.67. The van der Waals surface area contributed by atoms with Gasteiger partial charge in [-0.2, -0.15) is 0 Å². The van der Waals surface area contributed by atoms with Crippen molar-refractivity contribution in [3.63, 3.8) is 0 Å². The van der Waals surface area contributed by atoms with Crippen molar-refractivity contribution in [1.82, 2.24) is 9.97 Å². The van der Waals surface area contributed by atoms with Crippen LogP contribution >= 0.6 is 0 Å². The predicted molar refractivity (Wildman–Crippen MR) is 95.0 cm³/mol. The van der Waals surface area contributed by atoms with E-state index in [0.29, 0.717) is 0 Å². The number of aromatic nitrogens is 2. The molecule has 5 N–H and O–H groups in total. The van der Waals surface area contributed by atoms with Gasteiger partial charge in [-0.15, -0.1) is 0 Å². The third kappa shape index (κ3) is 3.46. The minimum atomic E-state index is -0.360. The summed E-state index contributed by atoms with van der Waals surface area (Å²) in [7, 11) is 0. The molecule has 1 saturated heterocycles. The molecule has 0 spiro atoms. The maximum atomic E-state index is 12.5. The molecule has 7 heteroatoms. The number of hydrogen-bond donors (Lipinski definition) is 3. The third-order valence-corrected chi connectivity index (χ3v) is 4.22. The first-order valence-electron chi connectivity index (χ1n) is 8.03. The molecule has 2 aromatic rings. The molecule has 7 nitrogen and oxygen atoms in total. The number of carbonyl (C=O) groups is 1. The zero-order valence-electron chi connectivity index (χ0n) is 13.7. The highest BCUT2D eigenvalue weighted by molar-refractivity contribution is 6.07. The van der Waals surface area contributed by atoms with Crippen molar-refractivity contribution in [3.8, 4) is 0 Å². The summed E-state index contributed by atoms with van der Waals surface area (Å²) in [5.74, 6) is -0.241. The molecular formula is C17H22N6O. The number of nitrogen functional groups attached to an aromatic ring is 1. The van der Waals surface area contributed by atoms with Gasteiger partial charge in [0.1, 0.15) is 0 Å². The fourth-order valence-electron chi connectivity index (χ4n) is 2.87. The highest BCUT2D eigenvalue weighted by atomic mass is 16.1. The predicted octanol–water partition coefficient (Wildman–Crippen LogP) is 1.55. The van der Waals surface area contributed by atoms with E-state index in [1.807, 2.05) is 25.1 Å². The number of amides is 1. The lowest BCUT2D eigenvalue weighted by molar-refractivity contribution is 0.102. The average Bonchev–Trinajstić information content (AvgIpc) is 2.56. The van der Waals surface area contributed by atoms with E-state index in [2.05, 4.69) is 20.2 Å². The van der Waals surface area contributed by atoms with Crippen LogP contribution in [0.1, 0.15) is 28.9 Å². The van der Waals surface area contributed by atoms with Gasteiger partial charge in [0, 0.05) is 31.5 Å². The zero-order valence-corrected chi connectivity index (χ0v) is 13.7. The Morgan fingerprint density at radius 1 is 1.25 bits per heavy atom. The number of piperidine rings is 1. The Morgan fingerprint density at radius 2 is 1.96 bits per heavy atom. The lowest BCUT2D eigenvalue weighted by atomic mass is 10.0. The molecule has 0 radical (unpaired) electrons.